The molecule has 0 bridgehead atoms. The summed E-state index contributed by atoms with van der Waals surface area (Å²) in [6, 6.07) is 5.79. The number of halogens is 2. The summed E-state index contributed by atoms with van der Waals surface area (Å²) in [6.07, 6.45) is 2.01. The van der Waals surface area contributed by atoms with Crippen LogP contribution in [-0.4, -0.2) is 6.26 Å². The average molecular weight is 282 g/mol. The molecule has 0 unspecified atom stereocenters. The van der Waals surface area contributed by atoms with Crippen molar-refractivity contribution in [1.82, 2.24) is 0 Å². The quantitative estimate of drug-likeness (QED) is 0.591. The van der Waals surface area contributed by atoms with E-state index in [-0.39, 0.29) is 6.67 Å². The normalized spacial score (nSPS) is 10.1. The molecule has 1 aromatic carbocycles. The maximum Gasteiger partial charge on any atom is 0.116 e. The first-order valence-electron chi connectivity index (χ1n) is 3.16. The van der Waals surface area contributed by atoms with Gasteiger partial charge in [-0.25, -0.2) is 4.39 Å². The Bertz CT molecular complexity index is 250. The van der Waals surface area contributed by atoms with Crippen molar-refractivity contribution >= 4 is 34.4 Å². The van der Waals surface area contributed by atoms with Crippen LogP contribution in [-0.2, 0) is 6.67 Å². The average Bonchev–Trinajstić information content (AvgIpc) is 2.04. The Morgan fingerprint density at radius 1 is 1.55 bits per heavy atom. The van der Waals surface area contributed by atoms with Gasteiger partial charge in [-0.1, -0.05) is 6.07 Å². The van der Waals surface area contributed by atoms with Gasteiger partial charge < -0.3 is 0 Å². The predicted octanol–water partition coefficient (Wildman–Crippen LogP) is 3.48. The van der Waals surface area contributed by atoms with Crippen molar-refractivity contribution in [2.45, 2.75) is 11.6 Å². The second-order valence-corrected chi connectivity index (χ2v) is 4.13. The van der Waals surface area contributed by atoms with E-state index in [1.165, 1.54) is 4.90 Å². The summed E-state index contributed by atoms with van der Waals surface area (Å²) >= 11 is 3.83. The van der Waals surface area contributed by atoms with Gasteiger partial charge in [0.15, 0.2) is 0 Å². The van der Waals surface area contributed by atoms with Gasteiger partial charge in [-0.2, -0.15) is 0 Å². The largest absolute Gasteiger partial charge is 0.246 e. The smallest absolute Gasteiger partial charge is 0.116 e. The summed E-state index contributed by atoms with van der Waals surface area (Å²) < 4.78 is 13.2. The van der Waals surface area contributed by atoms with Crippen LogP contribution in [0.5, 0.6) is 0 Å². The highest BCUT2D eigenvalue weighted by molar-refractivity contribution is 14.1. The van der Waals surface area contributed by atoms with Crippen LogP contribution < -0.4 is 0 Å². The second-order valence-electron chi connectivity index (χ2n) is 2.09. The molecule has 0 nitrogen and oxygen atoms in total. The Kier molecular flexibility index (Phi) is 3.65. The highest BCUT2D eigenvalue weighted by Crippen LogP contribution is 2.21. The van der Waals surface area contributed by atoms with Crippen LogP contribution in [0, 0.1) is 3.57 Å². The van der Waals surface area contributed by atoms with Crippen molar-refractivity contribution in [1.29, 1.82) is 0 Å². The minimum Gasteiger partial charge on any atom is -0.246 e. The molecule has 0 radical (unpaired) electrons. The van der Waals surface area contributed by atoms with Crippen LogP contribution in [0.2, 0.25) is 0 Å². The maximum absolute atomic E-state index is 12.2. The summed E-state index contributed by atoms with van der Waals surface area (Å²) in [5.74, 6) is 0. The third-order valence-electron chi connectivity index (χ3n) is 1.40. The summed E-state index contributed by atoms with van der Waals surface area (Å²) in [6.45, 7) is -0.368. The van der Waals surface area contributed by atoms with Crippen molar-refractivity contribution in [3.8, 4) is 0 Å². The van der Waals surface area contributed by atoms with E-state index < -0.39 is 0 Å². The van der Waals surface area contributed by atoms with Crippen molar-refractivity contribution in [2.75, 3.05) is 6.26 Å². The number of hydrogen-bond acceptors (Lipinski definition) is 1. The monoisotopic (exact) mass is 282 g/mol. The van der Waals surface area contributed by atoms with E-state index in [0.717, 1.165) is 9.13 Å². The van der Waals surface area contributed by atoms with E-state index in [1.54, 1.807) is 11.8 Å². The molecular formula is C8H8FIS. The summed E-state index contributed by atoms with van der Waals surface area (Å²) in [7, 11) is 0. The Morgan fingerprint density at radius 2 is 2.27 bits per heavy atom. The van der Waals surface area contributed by atoms with Gasteiger partial charge in [0, 0.05) is 8.47 Å². The number of benzene rings is 1. The molecule has 0 fully saturated rings. The maximum atomic E-state index is 12.2. The molecule has 60 valence electrons. The lowest BCUT2D eigenvalue weighted by Crippen LogP contribution is -1.84. The van der Waals surface area contributed by atoms with E-state index in [2.05, 4.69) is 22.6 Å². The van der Waals surface area contributed by atoms with Gasteiger partial charge in [-0.05, 0) is 46.5 Å². The third kappa shape index (κ3) is 2.33. The molecule has 0 spiro atoms. The fourth-order valence-electron chi connectivity index (χ4n) is 0.763. The first-order valence-corrected chi connectivity index (χ1v) is 5.46. The Balaban J connectivity index is 2.99. The molecule has 11 heavy (non-hydrogen) atoms. The minimum atomic E-state index is -0.368. The van der Waals surface area contributed by atoms with E-state index in [4.69, 9.17) is 0 Å². The summed E-state index contributed by atoms with van der Waals surface area (Å²) in [5, 5.41) is 0. The zero-order chi connectivity index (χ0) is 8.27. The fraction of sp³-hybridized carbons (Fsp3) is 0.250. The van der Waals surface area contributed by atoms with Crippen molar-refractivity contribution in [3.05, 3.63) is 27.3 Å². The first kappa shape index (κ1) is 9.32. The van der Waals surface area contributed by atoms with Gasteiger partial charge in [0.25, 0.3) is 0 Å². The second kappa shape index (κ2) is 4.30. The highest BCUT2D eigenvalue weighted by atomic mass is 127. The van der Waals surface area contributed by atoms with Crippen LogP contribution in [0.4, 0.5) is 4.39 Å². The SMILES string of the molecule is CSc1ccc(CF)c(I)c1. The highest BCUT2D eigenvalue weighted by Gasteiger charge is 1.99. The Morgan fingerprint density at radius 3 is 2.73 bits per heavy atom. The van der Waals surface area contributed by atoms with Crippen LogP contribution in [0.1, 0.15) is 5.56 Å². The lowest BCUT2D eigenvalue weighted by atomic mass is 10.2. The lowest BCUT2D eigenvalue weighted by Gasteiger charge is -2.00. The first-order chi connectivity index (χ1) is 5.27. The van der Waals surface area contributed by atoms with Gasteiger partial charge >= 0.3 is 0 Å². The van der Waals surface area contributed by atoms with Crippen molar-refractivity contribution < 1.29 is 4.39 Å². The van der Waals surface area contributed by atoms with E-state index in [1.807, 2.05) is 24.5 Å². The van der Waals surface area contributed by atoms with Crippen LogP contribution in [0.3, 0.4) is 0 Å². The van der Waals surface area contributed by atoms with Gasteiger partial charge in [-0.3, -0.25) is 0 Å². The molecule has 1 rings (SSSR count). The molecular weight excluding hydrogens is 274 g/mol. The van der Waals surface area contributed by atoms with E-state index >= 15 is 0 Å². The molecule has 0 aliphatic rings. The van der Waals surface area contributed by atoms with Gasteiger partial charge in [0.2, 0.25) is 0 Å². The Hall–Kier alpha value is 0.230. The van der Waals surface area contributed by atoms with Gasteiger partial charge in [0.05, 0.1) is 0 Å². The molecule has 0 aromatic heterocycles. The molecule has 0 atom stereocenters. The van der Waals surface area contributed by atoms with Gasteiger partial charge in [0.1, 0.15) is 6.67 Å². The molecule has 0 aliphatic heterocycles. The fourth-order valence-corrected chi connectivity index (χ4v) is 2.07. The van der Waals surface area contributed by atoms with Crippen LogP contribution in [0.25, 0.3) is 0 Å². The van der Waals surface area contributed by atoms with Crippen molar-refractivity contribution in [2.24, 2.45) is 0 Å². The van der Waals surface area contributed by atoms with E-state index in [9.17, 15) is 4.39 Å². The summed E-state index contributed by atoms with van der Waals surface area (Å²) in [4.78, 5) is 1.19. The summed E-state index contributed by atoms with van der Waals surface area (Å²) in [5.41, 5.74) is 0.781. The van der Waals surface area contributed by atoms with Crippen molar-refractivity contribution in [3.63, 3.8) is 0 Å². The van der Waals surface area contributed by atoms with Crippen LogP contribution >= 0.6 is 34.4 Å². The third-order valence-corrected chi connectivity index (χ3v) is 3.13. The Labute approximate surface area is 83.7 Å². The zero-order valence-corrected chi connectivity index (χ0v) is 9.08. The number of rotatable bonds is 2. The van der Waals surface area contributed by atoms with E-state index in [0.29, 0.717) is 0 Å². The zero-order valence-electron chi connectivity index (χ0n) is 6.10. The predicted molar refractivity (Wildman–Crippen MR) is 55.8 cm³/mol. The number of hydrogen-bond donors (Lipinski definition) is 0. The molecule has 0 N–H and O–H groups in total. The topological polar surface area (TPSA) is 0 Å². The molecule has 0 amide bonds. The molecule has 0 saturated heterocycles. The molecule has 0 aliphatic carbocycles. The molecule has 0 saturated carbocycles. The van der Waals surface area contributed by atoms with Crippen LogP contribution in [0.15, 0.2) is 23.1 Å². The lowest BCUT2D eigenvalue weighted by molar-refractivity contribution is 0.483. The molecule has 0 heterocycles. The number of alkyl halides is 1. The standard InChI is InChI=1S/C8H8FIS/c1-11-7-3-2-6(5-9)8(10)4-7/h2-4H,5H2,1H3. The van der Waals surface area contributed by atoms with Gasteiger partial charge in [-0.15, -0.1) is 11.8 Å². The molecule has 1 aromatic rings. The minimum absolute atomic E-state index is 0.368. The number of thioether (sulfide) groups is 1. The molecule has 3 heteroatoms.